The SMILES string of the molecule is O.[CaH2].[Co].[Ni].[Ni]. The van der Waals surface area contributed by atoms with E-state index >= 15 is 0 Å². The van der Waals surface area contributed by atoms with Crippen LogP contribution < -0.4 is 0 Å². The summed E-state index contributed by atoms with van der Waals surface area (Å²) < 4.78 is 0. The van der Waals surface area contributed by atoms with Crippen LogP contribution in [0.15, 0.2) is 0 Å². The third-order valence-corrected chi connectivity index (χ3v) is 0. The van der Waals surface area contributed by atoms with Crippen LogP contribution in [-0.4, -0.2) is 43.2 Å². The van der Waals surface area contributed by atoms with Crippen molar-refractivity contribution >= 4 is 37.7 Å². The maximum absolute atomic E-state index is 0. The Bertz CT molecular complexity index is 9.61. The predicted octanol–water partition coefficient (Wildman–Crippen LogP) is -1.75. The van der Waals surface area contributed by atoms with E-state index in [1.807, 2.05) is 0 Å². The Balaban J connectivity index is 0. The first-order valence-electron chi connectivity index (χ1n) is 0. The number of hydrogen-bond donors (Lipinski definition) is 0. The molecule has 0 aromatic heterocycles. The molecule has 0 aliphatic rings. The molecule has 1 radical (unpaired) electrons. The predicted molar refractivity (Wildman–Crippen MR) is 12.2 cm³/mol. The van der Waals surface area contributed by atoms with Crippen LogP contribution in [0.1, 0.15) is 0 Å². The van der Waals surface area contributed by atoms with Gasteiger partial charge in [0.05, 0.1) is 0 Å². The van der Waals surface area contributed by atoms with Gasteiger partial charge in [0.1, 0.15) is 0 Å². The fourth-order valence-electron chi connectivity index (χ4n) is 0. The zero-order chi connectivity index (χ0) is 0. The van der Waals surface area contributed by atoms with E-state index < -0.39 is 0 Å². The summed E-state index contributed by atoms with van der Waals surface area (Å²) in [7, 11) is 0. The average molecular weight is 236 g/mol. The molecule has 41 valence electrons. The molecule has 0 atom stereocenters. The monoisotopic (exact) mass is 235 g/mol. The van der Waals surface area contributed by atoms with Crippen LogP contribution in [0.25, 0.3) is 0 Å². The van der Waals surface area contributed by atoms with Crippen molar-refractivity contribution in [2.24, 2.45) is 0 Å². The van der Waals surface area contributed by atoms with Gasteiger partial charge in [-0.2, -0.15) is 0 Å². The molecular weight excluding hydrogens is 232 g/mol. The van der Waals surface area contributed by atoms with Gasteiger partial charge >= 0.3 is 37.7 Å². The molecule has 5 heteroatoms. The molecular formula is H4CaCoNi2O. The van der Waals surface area contributed by atoms with Gasteiger partial charge in [0, 0.05) is 49.8 Å². The van der Waals surface area contributed by atoms with Gasteiger partial charge in [0.15, 0.2) is 0 Å². The molecule has 0 bridgehead atoms. The molecule has 0 saturated carbocycles. The van der Waals surface area contributed by atoms with Crippen molar-refractivity contribution in [2.75, 3.05) is 0 Å². The van der Waals surface area contributed by atoms with Crippen LogP contribution >= 0.6 is 0 Å². The van der Waals surface area contributed by atoms with E-state index in [1.165, 1.54) is 0 Å². The molecule has 0 spiro atoms. The zero-order valence-electron chi connectivity index (χ0n) is 1.47. The minimum Gasteiger partial charge on any atom is 0 e. The fourth-order valence-corrected chi connectivity index (χ4v) is 0. The van der Waals surface area contributed by atoms with Crippen LogP contribution in [0.4, 0.5) is 0 Å². The summed E-state index contributed by atoms with van der Waals surface area (Å²) in [4.78, 5) is 0. The van der Waals surface area contributed by atoms with Crippen LogP contribution in [-0.2, 0) is 49.8 Å². The molecule has 0 aromatic carbocycles. The quantitative estimate of drug-likeness (QED) is 0.447. The van der Waals surface area contributed by atoms with Gasteiger partial charge in [-0.1, -0.05) is 0 Å². The topological polar surface area (TPSA) is 31.5 Å². The van der Waals surface area contributed by atoms with E-state index in [1.54, 1.807) is 0 Å². The molecule has 0 fully saturated rings. The largest absolute Gasteiger partial charge is 0 e. The summed E-state index contributed by atoms with van der Waals surface area (Å²) in [5.74, 6) is 0. The third kappa shape index (κ3) is 20.3. The van der Waals surface area contributed by atoms with Gasteiger partial charge in [-0.25, -0.2) is 0 Å². The van der Waals surface area contributed by atoms with Crippen molar-refractivity contribution in [1.82, 2.24) is 0 Å². The molecule has 0 rings (SSSR count). The molecule has 0 aliphatic heterocycles. The Hall–Kier alpha value is 2.71. The molecule has 5 heavy (non-hydrogen) atoms. The summed E-state index contributed by atoms with van der Waals surface area (Å²) in [6.07, 6.45) is 0. The molecule has 1 nitrogen and oxygen atoms in total. The summed E-state index contributed by atoms with van der Waals surface area (Å²) in [6, 6.07) is 0. The molecule has 0 unspecified atom stereocenters. The van der Waals surface area contributed by atoms with E-state index in [9.17, 15) is 0 Å². The van der Waals surface area contributed by atoms with Gasteiger partial charge in [0.2, 0.25) is 0 Å². The molecule has 0 heterocycles. The van der Waals surface area contributed by atoms with Crippen molar-refractivity contribution in [3.05, 3.63) is 0 Å². The smallest absolute Gasteiger partial charge is 0 e. The summed E-state index contributed by atoms with van der Waals surface area (Å²) in [5, 5.41) is 0. The summed E-state index contributed by atoms with van der Waals surface area (Å²) >= 11 is 0. The Labute approximate surface area is 91.4 Å². The standard InChI is InChI=1S/Ca.Co.2Ni.H2O.2H/h;;;;1H2;;. The normalized spacial score (nSPS) is 0. The Kier molecular flexibility index (Phi) is 281. The molecule has 0 saturated heterocycles. The fraction of sp³-hybridized carbons (Fsp3) is 0. The third-order valence-electron chi connectivity index (χ3n) is 0. The summed E-state index contributed by atoms with van der Waals surface area (Å²) in [5.41, 5.74) is 0. The first kappa shape index (κ1) is 47.2. The van der Waals surface area contributed by atoms with Gasteiger partial charge in [0.25, 0.3) is 0 Å². The van der Waals surface area contributed by atoms with E-state index in [2.05, 4.69) is 0 Å². The number of rotatable bonds is 0. The van der Waals surface area contributed by atoms with Crippen LogP contribution in [0.2, 0.25) is 0 Å². The first-order chi connectivity index (χ1) is 0. The minimum absolute atomic E-state index is 0. The molecule has 2 N–H and O–H groups in total. The van der Waals surface area contributed by atoms with Crippen LogP contribution in [0, 0.1) is 0 Å². The second-order valence-electron chi connectivity index (χ2n) is 0. The average Bonchev–Trinajstić information content (AvgIpc) is 0. The maximum atomic E-state index is 0. The Morgan fingerprint density at radius 3 is 0.800 bits per heavy atom. The summed E-state index contributed by atoms with van der Waals surface area (Å²) in [6.45, 7) is 0. The second-order valence-corrected chi connectivity index (χ2v) is 0. The maximum Gasteiger partial charge on any atom is 0 e. The van der Waals surface area contributed by atoms with Crippen molar-refractivity contribution in [3.8, 4) is 0 Å². The van der Waals surface area contributed by atoms with Gasteiger partial charge in [-0.15, -0.1) is 0 Å². The minimum atomic E-state index is 0. The van der Waals surface area contributed by atoms with E-state index in [0.29, 0.717) is 0 Å². The molecule has 0 aromatic rings. The molecule has 0 aliphatic carbocycles. The first-order valence-corrected chi connectivity index (χ1v) is 0. The van der Waals surface area contributed by atoms with Crippen molar-refractivity contribution in [3.63, 3.8) is 0 Å². The Morgan fingerprint density at radius 2 is 0.800 bits per heavy atom. The van der Waals surface area contributed by atoms with E-state index in [0.717, 1.165) is 0 Å². The van der Waals surface area contributed by atoms with Crippen molar-refractivity contribution in [2.45, 2.75) is 0 Å². The van der Waals surface area contributed by atoms with Crippen molar-refractivity contribution in [1.29, 1.82) is 0 Å². The van der Waals surface area contributed by atoms with Gasteiger partial charge in [-0.05, 0) is 0 Å². The van der Waals surface area contributed by atoms with E-state index in [-0.39, 0.29) is 93.0 Å². The Morgan fingerprint density at radius 1 is 0.800 bits per heavy atom. The molecule has 0 amide bonds. The van der Waals surface area contributed by atoms with Gasteiger partial charge in [-0.3, -0.25) is 0 Å². The van der Waals surface area contributed by atoms with Crippen LogP contribution in [0.5, 0.6) is 0 Å². The zero-order valence-corrected chi connectivity index (χ0v) is 4.48. The van der Waals surface area contributed by atoms with Crippen LogP contribution in [0.3, 0.4) is 0 Å². The second kappa shape index (κ2) is 29.8. The number of hydrogen-bond acceptors (Lipinski definition) is 0. The van der Waals surface area contributed by atoms with Gasteiger partial charge < -0.3 is 5.48 Å². The van der Waals surface area contributed by atoms with Crippen molar-refractivity contribution < 1.29 is 55.2 Å². The van der Waals surface area contributed by atoms with E-state index in [4.69, 9.17) is 0 Å².